The molecule has 0 saturated carbocycles. The number of rotatable bonds is 7. The summed E-state index contributed by atoms with van der Waals surface area (Å²) in [5.74, 6) is -0.439. The fourth-order valence-electron chi connectivity index (χ4n) is 5.07. The molecule has 1 aliphatic carbocycles. The van der Waals surface area contributed by atoms with Crippen molar-refractivity contribution in [2.24, 2.45) is 11.8 Å². The Labute approximate surface area is 220 Å². The molecule has 6 nitrogen and oxygen atoms in total. The van der Waals surface area contributed by atoms with Crippen molar-refractivity contribution in [3.63, 3.8) is 0 Å². The topological polar surface area (TPSA) is 73.9 Å². The van der Waals surface area contributed by atoms with Crippen LogP contribution in [-0.2, 0) is 14.3 Å². The molecule has 0 bridgehead atoms. The van der Waals surface area contributed by atoms with Crippen LogP contribution < -0.4 is 14.8 Å². The Bertz CT molecular complexity index is 1200. The van der Waals surface area contributed by atoms with E-state index in [1.54, 1.807) is 20.3 Å². The van der Waals surface area contributed by atoms with Crippen LogP contribution in [-0.4, -0.2) is 32.6 Å². The average Bonchev–Trinajstić information content (AvgIpc) is 2.86. The van der Waals surface area contributed by atoms with Gasteiger partial charge < -0.3 is 19.5 Å². The lowest BCUT2D eigenvalue weighted by atomic mass is 9.69. The largest absolute Gasteiger partial charge is 0.493 e. The summed E-state index contributed by atoms with van der Waals surface area (Å²) < 4.78 is 17.4. The first kappa shape index (κ1) is 26.0. The molecule has 2 aromatic rings. The molecule has 0 amide bonds. The normalized spacial score (nSPS) is 21.7. The minimum atomic E-state index is -0.769. The van der Waals surface area contributed by atoms with Gasteiger partial charge in [0, 0.05) is 33.8 Å². The van der Waals surface area contributed by atoms with Crippen LogP contribution in [0.5, 0.6) is 11.5 Å². The Kier molecular flexibility index (Phi) is 7.88. The van der Waals surface area contributed by atoms with Crippen molar-refractivity contribution in [2.45, 2.75) is 38.5 Å². The number of ether oxygens (including phenoxy) is 3. The molecule has 2 aromatic carbocycles. The highest BCUT2D eigenvalue weighted by atomic mass is 79.9. The summed E-state index contributed by atoms with van der Waals surface area (Å²) >= 11 is 3.66. The maximum Gasteiger partial charge on any atom is 0.315 e. The van der Waals surface area contributed by atoms with Crippen molar-refractivity contribution in [3.05, 3.63) is 81.6 Å². The number of esters is 1. The van der Waals surface area contributed by atoms with Gasteiger partial charge in [0.15, 0.2) is 17.3 Å². The number of carbonyl (C=O) groups is 2. The van der Waals surface area contributed by atoms with Gasteiger partial charge in [0.1, 0.15) is 5.92 Å². The van der Waals surface area contributed by atoms with Gasteiger partial charge in [-0.05, 0) is 41.5 Å². The smallest absolute Gasteiger partial charge is 0.315 e. The summed E-state index contributed by atoms with van der Waals surface area (Å²) in [4.78, 5) is 27.2. The number of ketones is 1. The van der Waals surface area contributed by atoms with Crippen molar-refractivity contribution in [3.8, 4) is 11.5 Å². The molecule has 3 atom stereocenters. The molecule has 0 radical (unpaired) electrons. The highest BCUT2D eigenvalue weighted by Gasteiger charge is 2.46. The molecular formula is C29H32BrNO5. The first-order valence-corrected chi connectivity index (χ1v) is 12.9. The summed E-state index contributed by atoms with van der Waals surface area (Å²) in [6.45, 7) is 8.47. The Balaban J connectivity index is 1.84. The Hall–Kier alpha value is -3.06. The molecule has 3 unspecified atom stereocenters. The number of carbonyl (C=O) groups excluding carboxylic acids is 2. The van der Waals surface area contributed by atoms with Crippen LogP contribution in [0.1, 0.15) is 49.7 Å². The van der Waals surface area contributed by atoms with Crippen LogP contribution >= 0.6 is 15.9 Å². The molecule has 0 saturated heterocycles. The second-order valence-corrected chi connectivity index (χ2v) is 10.5. The quantitative estimate of drug-likeness (QED) is 0.431. The molecule has 0 fully saturated rings. The molecule has 36 heavy (non-hydrogen) atoms. The Morgan fingerprint density at radius 1 is 1.11 bits per heavy atom. The summed E-state index contributed by atoms with van der Waals surface area (Å²) in [6.07, 6.45) is 1.02. The summed E-state index contributed by atoms with van der Waals surface area (Å²) in [6, 6.07) is 13.7. The maximum absolute atomic E-state index is 13.8. The van der Waals surface area contributed by atoms with E-state index in [2.05, 4.69) is 40.0 Å². The summed E-state index contributed by atoms with van der Waals surface area (Å²) in [5.41, 5.74) is 3.81. The van der Waals surface area contributed by atoms with Gasteiger partial charge >= 0.3 is 5.97 Å². The van der Waals surface area contributed by atoms with E-state index in [1.807, 2.05) is 38.1 Å². The zero-order valence-corrected chi connectivity index (χ0v) is 22.7. The molecule has 2 aliphatic rings. The molecule has 0 spiro atoms. The van der Waals surface area contributed by atoms with Gasteiger partial charge in [0.2, 0.25) is 0 Å². The first-order chi connectivity index (χ1) is 17.2. The lowest BCUT2D eigenvalue weighted by Gasteiger charge is -2.40. The van der Waals surface area contributed by atoms with Crippen LogP contribution in [0.15, 0.2) is 70.5 Å². The fraction of sp³-hybridized carbons (Fsp3) is 0.379. The van der Waals surface area contributed by atoms with Crippen molar-refractivity contribution >= 4 is 27.7 Å². The number of benzene rings is 2. The maximum atomic E-state index is 13.8. The lowest BCUT2D eigenvalue weighted by molar-refractivity contribution is -0.149. The van der Waals surface area contributed by atoms with Gasteiger partial charge in [-0.25, -0.2) is 0 Å². The van der Waals surface area contributed by atoms with Gasteiger partial charge in [-0.3, -0.25) is 9.59 Å². The van der Waals surface area contributed by atoms with Crippen LogP contribution in [0, 0.1) is 11.8 Å². The molecule has 190 valence electrons. The van der Waals surface area contributed by atoms with E-state index in [4.69, 9.17) is 14.2 Å². The number of methoxy groups -OCH3 is 2. The minimum Gasteiger partial charge on any atom is -0.493 e. The Morgan fingerprint density at radius 3 is 2.42 bits per heavy atom. The number of nitrogens with one attached hydrogen (secondary N) is 1. The fourth-order valence-corrected chi connectivity index (χ4v) is 5.64. The SMILES string of the molecule is C=C1NC2=C(C(=O)CC(c3ccccc3)C2)C(c2cc(OC)c(OC)cc2Br)C1C(=O)OCC(C)C. The van der Waals surface area contributed by atoms with Crippen molar-refractivity contribution in [1.29, 1.82) is 0 Å². The third kappa shape index (κ3) is 5.07. The molecule has 1 N–H and O–H groups in total. The molecule has 7 heteroatoms. The van der Waals surface area contributed by atoms with Crippen molar-refractivity contribution in [1.82, 2.24) is 5.32 Å². The summed E-state index contributed by atoms with van der Waals surface area (Å²) in [5, 5.41) is 3.33. The number of halogens is 1. The van der Waals surface area contributed by atoms with Gasteiger partial charge in [-0.15, -0.1) is 0 Å². The number of hydrogen-bond acceptors (Lipinski definition) is 6. The zero-order chi connectivity index (χ0) is 26.0. The molecule has 4 rings (SSSR count). The van der Waals surface area contributed by atoms with Gasteiger partial charge in [-0.1, -0.05) is 66.7 Å². The van der Waals surface area contributed by atoms with Crippen LogP contribution in [0.25, 0.3) is 0 Å². The molecule has 1 aliphatic heterocycles. The van der Waals surface area contributed by atoms with Crippen molar-refractivity contribution in [2.75, 3.05) is 20.8 Å². The molecule has 0 aromatic heterocycles. The number of allylic oxidation sites excluding steroid dienone is 2. The van der Waals surface area contributed by atoms with E-state index in [0.29, 0.717) is 46.7 Å². The van der Waals surface area contributed by atoms with E-state index >= 15 is 0 Å². The lowest BCUT2D eigenvalue weighted by Crippen LogP contribution is -2.42. The van der Waals surface area contributed by atoms with E-state index in [-0.39, 0.29) is 17.6 Å². The van der Waals surface area contributed by atoms with Crippen LogP contribution in [0.3, 0.4) is 0 Å². The third-order valence-corrected chi connectivity index (χ3v) is 7.45. The third-order valence-electron chi connectivity index (χ3n) is 6.76. The van der Waals surface area contributed by atoms with Crippen LogP contribution in [0.4, 0.5) is 0 Å². The zero-order valence-electron chi connectivity index (χ0n) is 21.1. The molecular weight excluding hydrogens is 522 g/mol. The van der Waals surface area contributed by atoms with E-state index < -0.39 is 17.8 Å². The predicted molar refractivity (Wildman–Crippen MR) is 142 cm³/mol. The molecule has 1 heterocycles. The Morgan fingerprint density at radius 2 is 1.78 bits per heavy atom. The average molecular weight is 554 g/mol. The summed E-state index contributed by atoms with van der Waals surface area (Å²) in [7, 11) is 3.13. The van der Waals surface area contributed by atoms with Gasteiger partial charge in [0.05, 0.1) is 20.8 Å². The van der Waals surface area contributed by atoms with E-state index in [0.717, 1.165) is 16.8 Å². The standard InChI is InChI=1S/C29H32BrNO5/c1-16(2)15-36-29(33)26-17(3)31-22-11-19(18-9-7-6-8-10-18)12-23(32)28(22)27(26)20-13-24(34-4)25(35-5)14-21(20)30/h6-10,13-14,16,19,26-27,31H,3,11-12,15H2,1-2,4-5H3. The van der Waals surface area contributed by atoms with Crippen LogP contribution in [0.2, 0.25) is 0 Å². The van der Waals surface area contributed by atoms with E-state index in [9.17, 15) is 9.59 Å². The number of Topliss-reactive ketones (excluding diaryl/α,β-unsaturated/α-hetero) is 1. The highest BCUT2D eigenvalue weighted by molar-refractivity contribution is 9.10. The minimum absolute atomic E-state index is 0.0125. The van der Waals surface area contributed by atoms with Gasteiger partial charge in [0.25, 0.3) is 0 Å². The van der Waals surface area contributed by atoms with Gasteiger partial charge in [-0.2, -0.15) is 0 Å². The van der Waals surface area contributed by atoms with E-state index in [1.165, 1.54) is 0 Å². The highest BCUT2D eigenvalue weighted by Crippen LogP contribution is 2.50. The predicted octanol–water partition coefficient (Wildman–Crippen LogP) is 5.88. The first-order valence-electron chi connectivity index (χ1n) is 12.1. The monoisotopic (exact) mass is 553 g/mol. The second-order valence-electron chi connectivity index (χ2n) is 9.69. The second kappa shape index (κ2) is 10.9. The van der Waals surface area contributed by atoms with Crippen molar-refractivity contribution < 1.29 is 23.8 Å². The number of hydrogen-bond donors (Lipinski definition) is 1.